The van der Waals surface area contributed by atoms with E-state index in [2.05, 4.69) is 32.0 Å². The minimum atomic E-state index is 0.285. The van der Waals surface area contributed by atoms with Crippen molar-refractivity contribution in [1.29, 1.82) is 0 Å². The molecule has 0 amide bonds. The first kappa shape index (κ1) is 17.6. The summed E-state index contributed by atoms with van der Waals surface area (Å²) >= 11 is 0. The predicted octanol–water partition coefficient (Wildman–Crippen LogP) is 4.28. The van der Waals surface area contributed by atoms with Crippen LogP contribution < -0.4 is 0 Å². The fraction of sp³-hybridized carbons (Fsp3) is 0.600. The number of aliphatic hydroxyl groups is 1. The molecule has 1 aromatic carbocycles. The number of hydrogen-bond acceptors (Lipinski definition) is 1. The van der Waals surface area contributed by atoms with Gasteiger partial charge in [-0.3, -0.25) is 0 Å². The first-order valence-corrected chi connectivity index (χ1v) is 6.41. The number of rotatable bonds is 3. The van der Waals surface area contributed by atoms with E-state index in [1.54, 1.807) is 0 Å². The Morgan fingerprint density at radius 3 is 1.94 bits per heavy atom. The summed E-state index contributed by atoms with van der Waals surface area (Å²) in [6.07, 6.45) is 1.85. The molecule has 1 rings (SSSR count). The molecule has 0 atom stereocenters. The SMILES string of the molecule is CC.CC.Cc1ccc(CCCO)cc1C. The molecule has 0 bridgehead atoms. The van der Waals surface area contributed by atoms with E-state index in [0.29, 0.717) is 0 Å². The summed E-state index contributed by atoms with van der Waals surface area (Å²) in [6.45, 7) is 12.5. The molecule has 94 valence electrons. The van der Waals surface area contributed by atoms with E-state index in [0.717, 1.165) is 12.8 Å². The summed E-state index contributed by atoms with van der Waals surface area (Å²) in [6, 6.07) is 6.48. The van der Waals surface area contributed by atoms with Gasteiger partial charge in [-0.15, -0.1) is 0 Å². The summed E-state index contributed by atoms with van der Waals surface area (Å²) in [4.78, 5) is 0. The van der Waals surface area contributed by atoms with E-state index in [4.69, 9.17) is 5.11 Å². The zero-order chi connectivity index (χ0) is 13.0. The second kappa shape index (κ2) is 12.3. The van der Waals surface area contributed by atoms with Crippen molar-refractivity contribution in [1.82, 2.24) is 0 Å². The van der Waals surface area contributed by atoms with Crippen LogP contribution in [-0.4, -0.2) is 11.7 Å². The molecule has 0 spiro atoms. The van der Waals surface area contributed by atoms with E-state index in [1.807, 2.05) is 27.7 Å². The van der Waals surface area contributed by atoms with E-state index in [-0.39, 0.29) is 6.61 Å². The summed E-state index contributed by atoms with van der Waals surface area (Å²) in [5.41, 5.74) is 4.00. The van der Waals surface area contributed by atoms with E-state index in [1.165, 1.54) is 16.7 Å². The monoisotopic (exact) mass is 224 g/mol. The number of benzene rings is 1. The zero-order valence-corrected chi connectivity index (χ0v) is 11.8. The minimum Gasteiger partial charge on any atom is -0.396 e. The fourth-order valence-electron chi connectivity index (χ4n) is 1.24. The van der Waals surface area contributed by atoms with Crippen LogP contribution in [0.3, 0.4) is 0 Å². The molecule has 1 nitrogen and oxygen atoms in total. The molecule has 1 aromatic rings. The predicted molar refractivity (Wildman–Crippen MR) is 74.0 cm³/mol. The van der Waals surface area contributed by atoms with Crippen LogP contribution in [0.1, 0.15) is 50.8 Å². The lowest BCUT2D eigenvalue weighted by atomic mass is 10.0. The molecule has 0 fully saturated rings. The van der Waals surface area contributed by atoms with Crippen LogP contribution in [0.15, 0.2) is 18.2 Å². The highest BCUT2D eigenvalue weighted by atomic mass is 16.2. The van der Waals surface area contributed by atoms with Crippen LogP contribution in [0, 0.1) is 13.8 Å². The van der Waals surface area contributed by atoms with Crippen molar-refractivity contribution in [3.05, 3.63) is 34.9 Å². The van der Waals surface area contributed by atoms with Gasteiger partial charge in [0.05, 0.1) is 0 Å². The van der Waals surface area contributed by atoms with Crippen molar-refractivity contribution >= 4 is 0 Å². The first-order chi connectivity index (χ1) is 7.74. The fourth-order valence-corrected chi connectivity index (χ4v) is 1.24. The van der Waals surface area contributed by atoms with Gasteiger partial charge < -0.3 is 5.11 Å². The molecule has 0 aliphatic rings. The highest BCUT2D eigenvalue weighted by Crippen LogP contribution is 2.10. The van der Waals surface area contributed by atoms with Gasteiger partial charge in [-0.2, -0.15) is 0 Å². The standard InChI is InChI=1S/C11H16O.2C2H6/c1-9-5-6-11(4-3-7-12)8-10(9)2;2*1-2/h5-6,8,12H,3-4,7H2,1-2H3;2*1-2H3. The second-order valence-corrected chi connectivity index (χ2v) is 3.25. The van der Waals surface area contributed by atoms with E-state index >= 15 is 0 Å². The maximum atomic E-state index is 8.65. The third-order valence-electron chi connectivity index (χ3n) is 2.19. The van der Waals surface area contributed by atoms with Gasteiger partial charge in [0.25, 0.3) is 0 Å². The summed E-state index contributed by atoms with van der Waals surface area (Å²) < 4.78 is 0. The van der Waals surface area contributed by atoms with Crippen molar-refractivity contribution < 1.29 is 5.11 Å². The third-order valence-corrected chi connectivity index (χ3v) is 2.19. The van der Waals surface area contributed by atoms with Crippen molar-refractivity contribution in [2.24, 2.45) is 0 Å². The van der Waals surface area contributed by atoms with Gasteiger partial charge in [0, 0.05) is 6.61 Å². The summed E-state index contributed by atoms with van der Waals surface area (Å²) in [5, 5.41) is 8.65. The molecule has 0 radical (unpaired) electrons. The molecule has 0 saturated carbocycles. The van der Waals surface area contributed by atoms with Crippen LogP contribution in [0.5, 0.6) is 0 Å². The van der Waals surface area contributed by atoms with Crippen molar-refractivity contribution in [3.8, 4) is 0 Å². The largest absolute Gasteiger partial charge is 0.396 e. The van der Waals surface area contributed by atoms with Crippen LogP contribution >= 0.6 is 0 Å². The Balaban J connectivity index is 0. The Hall–Kier alpha value is -0.820. The van der Waals surface area contributed by atoms with Crippen LogP contribution in [0.25, 0.3) is 0 Å². The molecule has 0 unspecified atom stereocenters. The Kier molecular flexibility index (Phi) is 13.5. The van der Waals surface area contributed by atoms with Crippen molar-refractivity contribution in [2.75, 3.05) is 6.61 Å². The van der Waals surface area contributed by atoms with Gasteiger partial charge in [0.1, 0.15) is 0 Å². The van der Waals surface area contributed by atoms with E-state index in [9.17, 15) is 0 Å². The minimum absolute atomic E-state index is 0.285. The number of hydrogen-bond donors (Lipinski definition) is 1. The molecular formula is C15H28O. The maximum Gasteiger partial charge on any atom is 0.0434 e. The molecule has 16 heavy (non-hydrogen) atoms. The maximum absolute atomic E-state index is 8.65. The van der Waals surface area contributed by atoms with Crippen LogP contribution in [0.4, 0.5) is 0 Å². The van der Waals surface area contributed by atoms with Crippen LogP contribution in [-0.2, 0) is 6.42 Å². The molecular weight excluding hydrogens is 196 g/mol. The summed E-state index contributed by atoms with van der Waals surface area (Å²) in [5.74, 6) is 0. The lowest BCUT2D eigenvalue weighted by Gasteiger charge is -2.03. The Bertz CT molecular complexity index is 254. The average molecular weight is 224 g/mol. The van der Waals surface area contributed by atoms with Gasteiger partial charge in [-0.1, -0.05) is 45.9 Å². The van der Waals surface area contributed by atoms with E-state index < -0.39 is 0 Å². The lowest BCUT2D eigenvalue weighted by Crippen LogP contribution is -1.91. The third kappa shape index (κ3) is 7.47. The van der Waals surface area contributed by atoms with Crippen LogP contribution in [0.2, 0.25) is 0 Å². The Morgan fingerprint density at radius 1 is 0.938 bits per heavy atom. The second-order valence-electron chi connectivity index (χ2n) is 3.25. The molecule has 0 aliphatic heterocycles. The molecule has 0 heterocycles. The highest BCUT2D eigenvalue weighted by Gasteiger charge is 1.95. The number of aliphatic hydroxyl groups excluding tert-OH is 1. The first-order valence-electron chi connectivity index (χ1n) is 6.41. The zero-order valence-electron chi connectivity index (χ0n) is 11.8. The molecule has 0 aliphatic carbocycles. The average Bonchev–Trinajstić information content (AvgIpc) is 2.36. The molecule has 0 saturated heterocycles. The molecule has 0 aromatic heterocycles. The van der Waals surface area contributed by atoms with Gasteiger partial charge >= 0.3 is 0 Å². The normalized spacial score (nSPS) is 8.44. The quantitative estimate of drug-likeness (QED) is 0.812. The topological polar surface area (TPSA) is 20.2 Å². The van der Waals surface area contributed by atoms with Crippen molar-refractivity contribution in [3.63, 3.8) is 0 Å². The smallest absolute Gasteiger partial charge is 0.0434 e. The highest BCUT2D eigenvalue weighted by molar-refractivity contribution is 5.29. The van der Waals surface area contributed by atoms with Gasteiger partial charge in [0.15, 0.2) is 0 Å². The van der Waals surface area contributed by atoms with Crippen molar-refractivity contribution in [2.45, 2.75) is 54.4 Å². The Morgan fingerprint density at radius 2 is 1.50 bits per heavy atom. The van der Waals surface area contributed by atoms with Gasteiger partial charge in [0.2, 0.25) is 0 Å². The molecule has 1 heteroatoms. The molecule has 1 N–H and O–H groups in total. The van der Waals surface area contributed by atoms with Gasteiger partial charge in [-0.05, 0) is 43.4 Å². The summed E-state index contributed by atoms with van der Waals surface area (Å²) in [7, 11) is 0. The number of aryl methyl sites for hydroxylation is 3. The Labute approximate surface area is 102 Å². The van der Waals surface area contributed by atoms with Gasteiger partial charge in [-0.25, -0.2) is 0 Å². The lowest BCUT2D eigenvalue weighted by molar-refractivity contribution is 0.288.